The van der Waals surface area contributed by atoms with E-state index in [1.807, 2.05) is 60.7 Å². The molecule has 0 unspecified atom stereocenters. The predicted octanol–water partition coefficient (Wildman–Crippen LogP) is 4.85. The second kappa shape index (κ2) is 9.07. The van der Waals surface area contributed by atoms with Gasteiger partial charge in [0.1, 0.15) is 0 Å². The summed E-state index contributed by atoms with van der Waals surface area (Å²) in [6.45, 7) is 0. The molecule has 0 bridgehead atoms. The highest BCUT2D eigenvalue weighted by Gasteiger charge is 2.03. The van der Waals surface area contributed by atoms with Gasteiger partial charge in [-0.05, 0) is 44.9 Å². The Hall–Kier alpha value is -2.04. The van der Waals surface area contributed by atoms with E-state index in [4.69, 9.17) is 0 Å². The van der Waals surface area contributed by atoms with E-state index in [1.165, 1.54) is 12.2 Å². The largest absolute Gasteiger partial charge is 0.281 e. The highest BCUT2D eigenvalue weighted by atomic mass is 33.1. The first-order valence-electron chi connectivity index (χ1n) is 6.63. The van der Waals surface area contributed by atoms with Crippen molar-refractivity contribution in [2.45, 2.75) is 0 Å². The second-order valence-corrected chi connectivity index (χ2v) is 6.43. The highest BCUT2D eigenvalue weighted by Crippen LogP contribution is 2.24. The van der Waals surface area contributed by atoms with Crippen molar-refractivity contribution in [3.63, 3.8) is 0 Å². The van der Waals surface area contributed by atoms with Crippen LogP contribution in [0, 0.1) is 0 Å². The van der Waals surface area contributed by atoms with Crippen LogP contribution in [-0.4, -0.2) is 10.2 Å². The van der Waals surface area contributed by atoms with Crippen molar-refractivity contribution in [3.8, 4) is 0 Å². The molecule has 2 rings (SSSR count). The van der Waals surface area contributed by atoms with Crippen molar-refractivity contribution in [1.82, 2.24) is 0 Å². The van der Waals surface area contributed by atoms with Gasteiger partial charge in [0.2, 0.25) is 10.2 Å². The Morgan fingerprint density at radius 3 is 1.36 bits per heavy atom. The number of carbonyl (C=O) groups is 2. The molecule has 2 aromatic carbocycles. The number of hydrogen-bond acceptors (Lipinski definition) is 4. The fraction of sp³-hybridized carbons (Fsp3) is 0. The van der Waals surface area contributed by atoms with Crippen molar-refractivity contribution in [1.29, 1.82) is 0 Å². The predicted molar refractivity (Wildman–Crippen MR) is 96.1 cm³/mol. The van der Waals surface area contributed by atoms with Gasteiger partial charge in [-0.1, -0.05) is 72.8 Å². The summed E-state index contributed by atoms with van der Waals surface area (Å²) in [6, 6.07) is 19.1. The minimum atomic E-state index is -0.157. The fourth-order valence-corrected chi connectivity index (χ4v) is 2.83. The van der Waals surface area contributed by atoms with E-state index in [0.29, 0.717) is 0 Å². The van der Waals surface area contributed by atoms with Crippen molar-refractivity contribution >= 4 is 44.0 Å². The first-order chi connectivity index (χ1) is 10.7. The Labute approximate surface area is 137 Å². The fourth-order valence-electron chi connectivity index (χ4n) is 1.59. The molecule has 110 valence electrons. The van der Waals surface area contributed by atoms with Crippen LogP contribution in [-0.2, 0) is 9.59 Å². The quantitative estimate of drug-likeness (QED) is 0.594. The summed E-state index contributed by atoms with van der Waals surface area (Å²) in [5, 5.41) is -0.314. The maximum atomic E-state index is 11.7. The first-order valence-corrected chi connectivity index (χ1v) is 8.78. The van der Waals surface area contributed by atoms with E-state index in [0.717, 1.165) is 32.7 Å². The zero-order chi connectivity index (χ0) is 15.6. The normalized spacial score (nSPS) is 11.1. The molecule has 0 N–H and O–H groups in total. The Morgan fingerprint density at radius 2 is 1.00 bits per heavy atom. The monoisotopic (exact) mass is 326 g/mol. The molecule has 0 heterocycles. The molecule has 2 aromatic rings. The maximum absolute atomic E-state index is 11.7. The molecule has 0 saturated carbocycles. The summed E-state index contributed by atoms with van der Waals surface area (Å²) in [7, 11) is 1.86. The van der Waals surface area contributed by atoms with Gasteiger partial charge in [-0.2, -0.15) is 0 Å². The van der Waals surface area contributed by atoms with Crippen LogP contribution in [0.4, 0.5) is 0 Å². The summed E-state index contributed by atoms with van der Waals surface area (Å²) < 4.78 is 0. The molecule has 0 aliphatic rings. The van der Waals surface area contributed by atoms with Gasteiger partial charge in [-0.15, -0.1) is 0 Å². The zero-order valence-electron chi connectivity index (χ0n) is 11.7. The Morgan fingerprint density at radius 1 is 0.636 bits per heavy atom. The van der Waals surface area contributed by atoms with E-state index >= 15 is 0 Å². The molecule has 0 saturated heterocycles. The minimum Gasteiger partial charge on any atom is -0.281 e. The van der Waals surface area contributed by atoms with Crippen molar-refractivity contribution in [2.75, 3.05) is 0 Å². The lowest BCUT2D eigenvalue weighted by Crippen LogP contribution is -1.86. The number of benzene rings is 2. The Balaban J connectivity index is 1.77. The van der Waals surface area contributed by atoms with Gasteiger partial charge < -0.3 is 0 Å². The highest BCUT2D eigenvalue weighted by molar-refractivity contribution is 8.87. The van der Waals surface area contributed by atoms with Gasteiger partial charge in [0.25, 0.3) is 0 Å². The molecule has 0 aromatic heterocycles. The van der Waals surface area contributed by atoms with Crippen LogP contribution in [0.2, 0.25) is 0 Å². The third kappa shape index (κ3) is 6.16. The lowest BCUT2D eigenvalue weighted by atomic mass is 10.2. The molecule has 0 atom stereocenters. The first kappa shape index (κ1) is 16.3. The zero-order valence-corrected chi connectivity index (χ0v) is 13.3. The van der Waals surface area contributed by atoms with Gasteiger partial charge >= 0.3 is 0 Å². The molecule has 0 amide bonds. The van der Waals surface area contributed by atoms with Crippen LogP contribution < -0.4 is 0 Å². The molecule has 22 heavy (non-hydrogen) atoms. The summed E-state index contributed by atoms with van der Waals surface area (Å²) in [5.41, 5.74) is 1.91. The topological polar surface area (TPSA) is 34.1 Å². The molecular formula is C18H14O2S2. The molecule has 0 aliphatic carbocycles. The van der Waals surface area contributed by atoms with Crippen LogP contribution in [0.5, 0.6) is 0 Å². The molecule has 2 nitrogen and oxygen atoms in total. The van der Waals surface area contributed by atoms with Gasteiger partial charge in [0.15, 0.2) is 0 Å². The van der Waals surface area contributed by atoms with E-state index < -0.39 is 0 Å². The van der Waals surface area contributed by atoms with Crippen molar-refractivity contribution in [3.05, 3.63) is 83.9 Å². The number of rotatable bonds is 4. The minimum absolute atomic E-state index is 0.157. The second-order valence-electron chi connectivity index (χ2n) is 4.29. The Kier molecular flexibility index (Phi) is 6.74. The summed E-state index contributed by atoms with van der Waals surface area (Å²) in [6.07, 6.45) is 6.42. The van der Waals surface area contributed by atoms with Gasteiger partial charge in [-0.3, -0.25) is 9.59 Å². The molecule has 0 aliphatic heterocycles. The average molecular weight is 326 g/mol. The van der Waals surface area contributed by atoms with E-state index in [1.54, 1.807) is 12.2 Å². The van der Waals surface area contributed by atoms with Crippen molar-refractivity contribution < 1.29 is 9.59 Å². The van der Waals surface area contributed by atoms with Crippen molar-refractivity contribution in [2.24, 2.45) is 0 Å². The van der Waals surface area contributed by atoms with E-state index in [9.17, 15) is 9.59 Å². The van der Waals surface area contributed by atoms with Gasteiger partial charge in [0, 0.05) is 0 Å². The van der Waals surface area contributed by atoms with Crippen LogP contribution in [0.25, 0.3) is 12.2 Å². The SMILES string of the molecule is O=C(/C=C/c1ccccc1)SSC(=O)/C=C/c1ccccc1. The van der Waals surface area contributed by atoms with Crippen LogP contribution in [0.1, 0.15) is 11.1 Å². The standard InChI is InChI=1S/C18H14O2S2/c19-17(13-11-15-7-3-1-4-8-15)21-22-18(20)14-12-16-9-5-2-6-10-16/h1-14H/b13-11+,14-12+. The Bertz CT molecular complexity index is 615. The number of carbonyl (C=O) groups excluding carboxylic acids is 2. The molecule has 0 fully saturated rings. The summed E-state index contributed by atoms with van der Waals surface area (Å²) in [4.78, 5) is 23.3. The summed E-state index contributed by atoms with van der Waals surface area (Å²) in [5.74, 6) is 0. The third-order valence-corrected chi connectivity index (χ3v) is 4.55. The van der Waals surface area contributed by atoms with E-state index in [-0.39, 0.29) is 10.2 Å². The maximum Gasteiger partial charge on any atom is 0.223 e. The molecule has 0 spiro atoms. The molecule has 4 heteroatoms. The van der Waals surface area contributed by atoms with Crippen LogP contribution in [0.15, 0.2) is 72.8 Å². The van der Waals surface area contributed by atoms with Crippen LogP contribution >= 0.6 is 21.6 Å². The smallest absolute Gasteiger partial charge is 0.223 e. The van der Waals surface area contributed by atoms with E-state index in [2.05, 4.69) is 0 Å². The van der Waals surface area contributed by atoms with Gasteiger partial charge in [0.05, 0.1) is 0 Å². The molecule has 0 radical (unpaired) electrons. The average Bonchev–Trinajstić information content (AvgIpc) is 2.58. The molecular weight excluding hydrogens is 312 g/mol. The van der Waals surface area contributed by atoms with Crippen LogP contribution in [0.3, 0.4) is 0 Å². The summed E-state index contributed by atoms with van der Waals surface area (Å²) >= 11 is 0. The lowest BCUT2D eigenvalue weighted by molar-refractivity contribution is -0.108. The lowest BCUT2D eigenvalue weighted by Gasteiger charge is -1.94. The third-order valence-electron chi connectivity index (χ3n) is 2.63. The number of hydrogen-bond donors (Lipinski definition) is 0. The van der Waals surface area contributed by atoms with Gasteiger partial charge in [-0.25, -0.2) is 0 Å².